The number of benzene rings is 1. The first-order valence-corrected chi connectivity index (χ1v) is 10.5. The summed E-state index contributed by atoms with van der Waals surface area (Å²) in [4.78, 5) is 13.9. The average Bonchev–Trinajstić information content (AvgIpc) is 2.64. The maximum atomic E-state index is 14.0. The van der Waals surface area contributed by atoms with Crippen molar-refractivity contribution in [2.75, 3.05) is 26.2 Å². The number of hydrogen-bond donors (Lipinski definition) is 0. The van der Waals surface area contributed by atoms with Gasteiger partial charge < -0.3 is 4.90 Å². The highest BCUT2D eigenvalue weighted by atomic mass is 32.2. The molecule has 0 bridgehead atoms. The largest absolute Gasteiger partial charge is 0.342 e. The van der Waals surface area contributed by atoms with Gasteiger partial charge in [-0.05, 0) is 49.8 Å². The van der Waals surface area contributed by atoms with Crippen LogP contribution in [0.15, 0.2) is 23.1 Å². The summed E-state index contributed by atoms with van der Waals surface area (Å²) in [6, 6.07) is 2.39. The van der Waals surface area contributed by atoms with Gasteiger partial charge in [-0.2, -0.15) is 4.31 Å². The van der Waals surface area contributed by atoms with Crippen molar-refractivity contribution >= 4 is 15.9 Å². The summed E-state index contributed by atoms with van der Waals surface area (Å²) in [5.74, 6) is -1.65. The smallest absolute Gasteiger partial charge is 0.246 e. The molecule has 0 aliphatic carbocycles. The van der Waals surface area contributed by atoms with Crippen molar-refractivity contribution in [1.82, 2.24) is 9.21 Å². The molecule has 0 aromatic heterocycles. The minimum Gasteiger partial charge on any atom is -0.342 e. The molecule has 5 nitrogen and oxygen atoms in total. The molecule has 2 heterocycles. The quantitative estimate of drug-likeness (QED) is 0.802. The Morgan fingerprint density at radius 2 is 1.81 bits per heavy atom. The number of hydrogen-bond acceptors (Lipinski definition) is 3. The molecule has 0 radical (unpaired) electrons. The van der Waals surface area contributed by atoms with E-state index in [4.69, 9.17) is 0 Å². The molecule has 1 amide bonds. The zero-order valence-corrected chi connectivity index (χ0v) is 15.6. The van der Waals surface area contributed by atoms with Crippen LogP contribution in [-0.4, -0.2) is 49.7 Å². The van der Waals surface area contributed by atoms with Crippen LogP contribution in [0.2, 0.25) is 0 Å². The SMILES string of the molecule is CC1CCN(C(=O)C2CCCN(S(=O)(=O)c3cc(F)ccc3F)C2)CC1. The van der Waals surface area contributed by atoms with E-state index in [0.717, 1.165) is 29.3 Å². The van der Waals surface area contributed by atoms with Gasteiger partial charge in [0.05, 0.1) is 5.92 Å². The number of likely N-dealkylation sites (tertiary alicyclic amines) is 1. The van der Waals surface area contributed by atoms with E-state index in [-0.39, 0.29) is 19.0 Å². The molecule has 1 unspecified atom stereocenters. The summed E-state index contributed by atoms with van der Waals surface area (Å²) in [6.07, 6.45) is 3.04. The van der Waals surface area contributed by atoms with Crippen LogP contribution in [0.3, 0.4) is 0 Å². The lowest BCUT2D eigenvalue weighted by Gasteiger charge is -2.36. The number of nitrogens with zero attached hydrogens (tertiary/aromatic N) is 2. The normalized spacial score (nSPS) is 23.2. The molecule has 144 valence electrons. The third-order valence-electron chi connectivity index (χ3n) is 5.34. The molecule has 2 saturated heterocycles. The van der Waals surface area contributed by atoms with Crippen LogP contribution in [0, 0.1) is 23.5 Å². The summed E-state index contributed by atoms with van der Waals surface area (Å²) >= 11 is 0. The monoisotopic (exact) mass is 386 g/mol. The molecule has 26 heavy (non-hydrogen) atoms. The summed E-state index contributed by atoms with van der Waals surface area (Å²) in [5.41, 5.74) is 0. The minimum absolute atomic E-state index is 0.0170. The summed E-state index contributed by atoms with van der Waals surface area (Å²) in [5, 5.41) is 0. The molecular weight excluding hydrogens is 362 g/mol. The Morgan fingerprint density at radius 3 is 2.50 bits per heavy atom. The first kappa shape index (κ1) is 19.2. The van der Waals surface area contributed by atoms with Crippen LogP contribution in [0.25, 0.3) is 0 Å². The molecule has 1 atom stereocenters. The maximum Gasteiger partial charge on any atom is 0.246 e. The van der Waals surface area contributed by atoms with Crippen LogP contribution in [0.1, 0.15) is 32.6 Å². The van der Waals surface area contributed by atoms with E-state index in [1.807, 2.05) is 4.90 Å². The second-order valence-electron chi connectivity index (χ2n) is 7.28. The van der Waals surface area contributed by atoms with Crippen LogP contribution in [0.5, 0.6) is 0 Å². The van der Waals surface area contributed by atoms with Gasteiger partial charge in [0, 0.05) is 26.2 Å². The first-order valence-electron chi connectivity index (χ1n) is 9.03. The first-order chi connectivity index (χ1) is 12.3. The lowest BCUT2D eigenvalue weighted by atomic mass is 9.94. The van der Waals surface area contributed by atoms with Crippen LogP contribution in [-0.2, 0) is 14.8 Å². The van der Waals surface area contributed by atoms with Gasteiger partial charge >= 0.3 is 0 Å². The van der Waals surface area contributed by atoms with Crippen LogP contribution >= 0.6 is 0 Å². The zero-order valence-electron chi connectivity index (χ0n) is 14.8. The molecular formula is C18H24F2N2O3S. The van der Waals surface area contributed by atoms with Crippen molar-refractivity contribution in [2.45, 2.75) is 37.5 Å². The molecule has 0 saturated carbocycles. The van der Waals surface area contributed by atoms with E-state index >= 15 is 0 Å². The molecule has 1 aromatic rings. The second kappa shape index (κ2) is 7.60. The van der Waals surface area contributed by atoms with Crippen molar-refractivity contribution in [3.63, 3.8) is 0 Å². The van der Waals surface area contributed by atoms with E-state index in [9.17, 15) is 22.0 Å². The lowest BCUT2D eigenvalue weighted by Crippen LogP contribution is -2.48. The Labute approximate surface area is 153 Å². The molecule has 0 N–H and O–H groups in total. The van der Waals surface area contributed by atoms with Gasteiger partial charge in [-0.25, -0.2) is 17.2 Å². The molecule has 8 heteroatoms. The van der Waals surface area contributed by atoms with Crippen molar-refractivity contribution in [3.05, 3.63) is 29.8 Å². The lowest BCUT2D eigenvalue weighted by molar-refractivity contribution is -0.138. The molecule has 2 fully saturated rings. The van der Waals surface area contributed by atoms with Crippen molar-refractivity contribution in [2.24, 2.45) is 11.8 Å². The topological polar surface area (TPSA) is 57.7 Å². The number of amides is 1. The Balaban J connectivity index is 1.75. The number of piperidine rings is 2. The minimum atomic E-state index is -4.17. The van der Waals surface area contributed by atoms with Gasteiger partial charge in [0.15, 0.2) is 0 Å². The Kier molecular flexibility index (Phi) is 5.62. The average molecular weight is 386 g/mol. The molecule has 2 aliphatic rings. The van der Waals surface area contributed by atoms with Gasteiger partial charge in [-0.3, -0.25) is 4.79 Å². The summed E-state index contributed by atoms with van der Waals surface area (Å²) < 4.78 is 54.0. The molecule has 3 rings (SSSR count). The van der Waals surface area contributed by atoms with E-state index in [0.29, 0.717) is 37.9 Å². The second-order valence-corrected chi connectivity index (χ2v) is 9.19. The van der Waals surface area contributed by atoms with Gasteiger partial charge in [-0.15, -0.1) is 0 Å². The number of sulfonamides is 1. The fourth-order valence-corrected chi connectivity index (χ4v) is 5.26. The van der Waals surface area contributed by atoms with E-state index in [2.05, 4.69) is 6.92 Å². The van der Waals surface area contributed by atoms with Crippen molar-refractivity contribution < 1.29 is 22.0 Å². The number of carbonyl (C=O) groups is 1. The molecule has 1 aromatic carbocycles. The van der Waals surface area contributed by atoms with Gasteiger partial charge in [0.25, 0.3) is 0 Å². The zero-order chi connectivity index (χ0) is 18.9. The van der Waals surface area contributed by atoms with Crippen LogP contribution < -0.4 is 0 Å². The third-order valence-corrected chi connectivity index (χ3v) is 7.22. The van der Waals surface area contributed by atoms with Crippen LogP contribution in [0.4, 0.5) is 8.78 Å². The Hall–Kier alpha value is -1.54. The highest BCUT2D eigenvalue weighted by molar-refractivity contribution is 7.89. The van der Waals surface area contributed by atoms with Gasteiger partial charge in [-0.1, -0.05) is 6.92 Å². The highest BCUT2D eigenvalue weighted by Gasteiger charge is 2.36. The fourth-order valence-electron chi connectivity index (χ4n) is 3.66. The summed E-state index contributed by atoms with van der Waals surface area (Å²) in [7, 11) is -4.17. The van der Waals surface area contributed by atoms with E-state index in [1.165, 1.54) is 0 Å². The maximum absolute atomic E-state index is 14.0. The highest BCUT2D eigenvalue weighted by Crippen LogP contribution is 2.28. The Morgan fingerprint density at radius 1 is 1.12 bits per heavy atom. The van der Waals surface area contributed by atoms with Gasteiger partial charge in [0.2, 0.25) is 15.9 Å². The number of carbonyl (C=O) groups excluding carboxylic acids is 1. The standard InChI is InChI=1S/C18H24F2N2O3S/c1-13-6-9-21(10-7-13)18(23)14-3-2-8-22(12-14)26(24,25)17-11-15(19)4-5-16(17)20/h4-5,11,13-14H,2-3,6-10,12H2,1H3. The summed E-state index contributed by atoms with van der Waals surface area (Å²) in [6.45, 7) is 3.77. The molecule has 2 aliphatic heterocycles. The number of rotatable bonds is 3. The Bertz CT molecular complexity index is 777. The predicted octanol–water partition coefficient (Wildman–Crippen LogP) is 2.62. The predicted molar refractivity (Wildman–Crippen MR) is 92.8 cm³/mol. The van der Waals surface area contributed by atoms with Gasteiger partial charge in [0.1, 0.15) is 16.5 Å². The van der Waals surface area contributed by atoms with E-state index < -0.39 is 32.5 Å². The fraction of sp³-hybridized carbons (Fsp3) is 0.611. The third kappa shape index (κ3) is 3.91. The number of halogens is 2. The van der Waals surface area contributed by atoms with Crippen molar-refractivity contribution in [3.8, 4) is 0 Å². The van der Waals surface area contributed by atoms with Crippen molar-refractivity contribution in [1.29, 1.82) is 0 Å². The van der Waals surface area contributed by atoms with E-state index in [1.54, 1.807) is 0 Å². The molecule has 0 spiro atoms.